The van der Waals surface area contributed by atoms with Gasteiger partial charge in [0.15, 0.2) is 4.32 Å². The first-order valence-corrected chi connectivity index (χ1v) is 14.4. The van der Waals surface area contributed by atoms with Gasteiger partial charge < -0.3 is 5.32 Å². The first-order chi connectivity index (χ1) is 20.2. The Hall–Kier alpha value is -4.45. The highest BCUT2D eigenvalue weighted by Gasteiger charge is 2.44. The maximum Gasteiger partial charge on any atom is 0.296 e. The normalized spacial score (nSPS) is 16.4. The summed E-state index contributed by atoms with van der Waals surface area (Å²) in [6.45, 7) is 1.46. The lowest BCUT2D eigenvalue weighted by Gasteiger charge is -2.16. The Morgan fingerprint density at radius 3 is 2.31 bits per heavy atom. The second kappa shape index (κ2) is 10.8. The summed E-state index contributed by atoms with van der Waals surface area (Å²) in [5, 5.41) is 3.29. The molecular formula is C30H22ClN5O4S2. The average molecular weight is 616 g/mol. The number of halogens is 1. The zero-order chi connectivity index (χ0) is 29.7. The lowest BCUT2D eigenvalue weighted by atomic mass is 10.1. The molecule has 1 saturated heterocycles. The molecule has 4 aromatic rings. The molecule has 0 atom stereocenters. The van der Waals surface area contributed by atoms with Crippen molar-refractivity contribution in [2.75, 3.05) is 21.7 Å². The van der Waals surface area contributed by atoms with E-state index >= 15 is 0 Å². The maximum atomic E-state index is 14.0. The van der Waals surface area contributed by atoms with Gasteiger partial charge in [-0.3, -0.25) is 33.7 Å². The van der Waals surface area contributed by atoms with Crippen LogP contribution in [0.1, 0.15) is 11.3 Å². The summed E-state index contributed by atoms with van der Waals surface area (Å²) in [4.78, 5) is 57.0. The fraction of sp³-hybridized carbons (Fsp3) is 0.100. The minimum Gasteiger partial charge on any atom is -0.325 e. The molecule has 0 aliphatic carbocycles. The summed E-state index contributed by atoms with van der Waals surface area (Å²) in [5.41, 5.74) is 2.55. The summed E-state index contributed by atoms with van der Waals surface area (Å²) in [5.74, 6) is -1.49. The van der Waals surface area contributed by atoms with Gasteiger partial charge in [-0.2, -0.15) is 0 Å². The van der Waals surface area contributed by atoms with Crippen LogP contribution in [0.2, 0.25) is 5.02 Å². The smallest absolute Gasteiger partial charge is 0.296 e. The summed E-state index contributed by atoms with van der Waals surface area (Å²) < 4.78 is 3.26. The molecule has 1 aromatic heterocycles. The van der Waals surface area contributed by atoms with E-state index in [1.165, 1.54) is 14.5 Å². The number of para-hydroxylation sites is 2. The van der Waals surface area contributed by atoms with Gasteiger partial charge in [0.2, 0.25) is 5.91 Å². The minimum atomic E-state index is -0.568. The number of aromatic nitrogens is 2. The van der Waals surface area contributed by atoms with Crippen LogP contribution in [0, 0.1) is 6.92 Å². The number of nitrogens with one attached hydrogen (secondary N) is 1. The van der Waals surface area contributed by atoms with Crippen LogP contribution in [-0.4, -0.2) is 38.0 Å². The molecule has 0 spiro atoms. The van der Waals surface area contributed by atoms with E-state index in [2.05, 4.69) is 5.32 Å². The number of carbonyl (C=O) groups is 3. The number of hydrogen-bond acceptors (Lipinski definition) is 6. The molecule has 12 heteroatoms. The number of carbonyl (C=O) groups excluding carboxylic acids is 3. The van der Waals surface area contributed by atoms with E-state index in [1.54, 1.807) is 79.3 Å². The van der Waals surface area contributed by atoms with Crippen LogP contribution >= 0.6 is 35.6 Å². The van der Waals surface area contributed by atoms with Crippen LogP contribution in [0.5, 0.6) is 0 Å². The zero-order valence-corrected chi connectivity index (χ0v) is 24.7. The molecule has 1 N–H and O–H groups in total. The van der Waals surface area contributed by atoms with Crippen molar-refractivity contribution in [2.45, 2.75) is 6.92 Å². The van der Waals surface area contributed by atoms with Crippen molar-refractivity contribution in [3.05, 3.63) is 110 Å². The van der Waals surface area contributed by atoms with Crippen LogP contribution in [0.25, 0.3) is 11.3 Å². The third-order valence-corrected chi connectivity index (χ3v) is 8.72. The summed E-state index contributed by atoms with van der Waals surface area (Å²) >= 11 is 12.5. The number of thiocarbonyl (C=S) groups is 1. The van der Waals surface area contributed by atoms with Crippen molar-refractivity contribution in [2.24, 2.45) is 7.05 Å². The lowest BCUT2D eigenvalue weighted by Crippen LogP contribution is -2.36. The number of hydrogen-bond donors (Lipinski definition) is 1. The standard InChI is InChI=1S/C30H22ClN5O4S2/c1-17-25(28(39)36(33(17)2)20-8-4-3-5-9-20)35-29(40)26(42-30(35)41)24-21-10-6-7-11-22(21)34(27(24)38)16-23(37)32-19-14-12-18(31)13-15-19/h3-15H,16H2,1-2H3,(H,32,37). The maximum absolute atomic E-state index is 14.0. The van der Waals surface area contributed by atoms with E-state index in [4.69, 9.17) is 23.8 Å². The monoisotopic (exact) mass is 615 g/mol. The summed E-state index contributed by atoms with van der Waals surface area (Å²) in [7, 11) is 1.73. The average Bonchev–Trinajstić information content (AvgIpc) is 3.50. The van der Waals surface area contributed by atoms with Gasteiger partial charge in [0, 0.05) is 23.3 Å². The van der Waals surface area contributed by atoms with Gasteiger partial charge in [0.1, 0.15) is 12.2 Å². The predicted molar refractivity (Wildman–Crippen MR) is 169 cm³/mol. The Balaban J connectivity index is 1.36. The molecule has 42 heavy (non-hydrogen) atoms. The van der Waals surface area contributed by atoms with Crippen LogP contribution in [-0.2, 0) is 21.4 Å². The fourth-order valence-corrected chi connectivity index (χ4v) is 6.53. The molecule has 3 amide bonds. The van der Waals surface area contributed by atoms with E-state index in [-0.39, 0.29) is 27.0 Å². The first-order valence-electron chi connectivity index (χ1n) is 12.8. The molecule has 2 aliphatic heterocycles. The van der Waals surface area contributed by atoms with Gasteiger partial charge in [0.05, 0.1) is 27.5 Å². The molecule has 6 rings (SSSR count). The van der Waals surface area contributed by atoms with E-state index in [9.17, 15) is 19.2 Å². The Morgan fingerprint density at radius 1 is 0.929 bits per heavy atom. The molecule has 0 bridgehead atoms. The SMILES string of the molecule is Cc1c(N2C(=O)C(=C3C(=O)N(CC(=O)Nc4ccc(Cl)cc4)c4ccccc43)SC2=S)c(=O)n(-c2ccccc2)n1C. The van der Waals surface area contributed by atoms with Gasteiger partial charge >= 0.3 is 0 Å². The first kappa shape index (κ1) is 27.7. The van der Waals surface area contributed by atoms with Crippen LogP contribution in [0.3, 0.4) is 0 Å². The molecule has 0 unspecified atom stereocenters. The quantitative estimate of drug-likeness (QED) is 0.253. The van der Waals surface area contributed by atoms with E-state index in [0.717, 1.165) is 11.8 Å². The van der Waals surface area contributed by atoms with Crippen molar-refractivity contribution < 1.29 is 14.4 Å². The number of benzene rings is 3. The molecule has 1 fully saturated rings. The van der Waals surface area contributed by atoms with Gasteiger partial charge in [-0.25, -0.2) is 4.68 Å². The van der Waals surface area contributed by atoms with Crippen molar-refractivity contribution in [3.8, 4) is 5.69 Å². The molecule has 0 radical (unpaired) electrons. The predicted octanol–water partition coefficient (Wildman–Crippen LogP) is 4.90. The van der Waals surface area contributed by atoms with Crippen molar-refractivity contribution in [1.29, 1.82) is 0 Å². The highest BCUT2D eigenvalue weighted by atomic mass is 35.5. The molecule has 0 saturated carbocycles. The van der Waals surface area contributed by atoms with Crippen LogP contribution in [0.15, 0.2) is 88.6 Å². The molecular weight excluding hydrogens is 594 g/mol. The van der Waals surface area contributed by atoms with Crippen LogP contribution in [0.4, 0.5) is 17.1 Å². The van der Waals surface area contributed by atoms with E-state index < -0.39 is 23.3 Å². The Labute approximate surface area is 255 Å². The third kappa shape index (κ3) is 4.55. The third-order valence-electron chi connectivity index (χ3n) is 7.10. The van der Waals surface area contributed by atoms with Crippen molar-refractivity contribution in [3.63, 3.8) is 0 Å². The topological polar surface area (TPSA) is 96.7 Å². The highest BCUT2D eigenvalue weighted by molar-refractivity contribution is 8.27. The largest absolute Gasteiger partial charge is 0.325 e. The second-order valence-electron chi connectivity index (χ2n) is 9.59. The van der Waals surface area contributed by atoms with Crippen molar-refractivity contribution in [1.82, 2.24) is 9.36 Å². The number of amides is 3. The van der Waals surface area contributed by atoms with Gasteiger partial charge in [0.25, 0.3) is 17.4 Å². The summed E-state index contributed by atoms with van der Waals surface area (Å²) in [6.07, 6.45) is 0. The van der Waals surface area contributed by atoms with Gasteiger partial charge in [-0.1, -0.05) is 72.0 Å². The molecule has 3 aromatic carbocycles. The van der Waals surface area contributed by atoms with E-state index in [0.29, 0.717) is 33.3 Å². The molecule has 2 aliphatic rings. The van der Waals surface area contributed by atoms with Gasteiger partial charge in [-0.05, 0) is 49.4 Å². The number of nitrogens with zero attached hydrogens (tertiary/aromatic N) is 4. The number of thioether (sulfide) groups is 1. The minimum absolute atomic E-state index is 0.104. The zero-order valence-electron chi connectivity index (χ0n) is 22.3. The Morgan fingerprint density at radius 2 is 1.60 bits per heavy atom. The molecule has 210 valence electrons. The van der Waals surface area contributed by atoms with E-state index in [1.807, 2.05) is 18.2 Å². The Bertz CT molecular complexity index is 1900. The Kier molecular flexibility index (Phi) is 7.09. The van der Waals surface area contributed by atoms with Gasteiger partial charge in [-0.15, -0.1) is 0 Å². The van der Waals surface area contributed by atoms with Crippen molar-refractivity contribution >= 4 is 80.3 Å². The summed E-state index contributed by atoms with van der Waals surface area (Å²) in [6, 6.07) is 22.6. The molecule has 3 heterocycles. The van der Waals surface area contributed by atoms with Crippen LogP contribution < -0.4 is 20.7 Å². The second-order valence-corrected chi connectivity index (χ2v) is 11.7. The fourth-order valence-electron chi connectivity index (χ4n) is 5.06. The lowest BCUT2D eigenvalue weighted by molar-refractivity contribution is -0.118. The number of rotatable bonds is 5. The molecule has 9 nitrogen and oxygen atoms in total. The number of fused-ring (bicyclic) bond motifs is 1. The highest BCUT2D eigenvalue weighted by Crippen LogP contribution is 2.45. The number of anilines is 3.